The molecular formula is C23H38N4O11S. The molecule has 0 fully saturated rings. The lowest BCUT2D eigenvalue weighted by Crippen LogP contribution is -2.47. The number of aliphatic carboxylic acids is 2. The number of nitrogens with one attached hydrogen (secondary N) is 3. The number of ether oxygens (including phenoxy) is 1. The van der Waals surface area contributed by atoms with Gasteiger partial charge in [0.25, 0.3) is 0 Å². The summed E-state index contributed by atoms with van der Waals surface area (Å²) in [6, 6.07) is -2.31. The van der Waals surface area contributed by atoms with Crippen molar-refractivity contribution in [1.82, 2.24) is 16.0 Å². The number of carbonyl (C=O) groups excluding carboxylic acids is 5. The molecule has 0 saturated heterocycles. The fourth-order valence-corrected chi connectivity index (χ4v) is 3.57. The summed E-state index contributed by atoms with van der Waals surface area (Å²) in [7, 11) is 0. The Morgan fingerprint density at radius 2 is 1.59 bits per heavy atom. The van der Waals surface area contributed by atoms with Crippen LogP contribution < -0.4 is 21.7 Å². The maximum absolute atomic E-state index is 12.2. The Morgan fingerprint density at radius 1 is 0.949 bits per heavy atom. The average molecular weight is 579 g/mol. The fraction of sp³-hybridized carbons (Fsp3) is 0.696. The molecule has 15 nitrogen and oxygen atoms in total. The highest BCUT2D eigenvalue weighted by atomic mass is 32.2. The third-order valence-electron chi connectivity index (χ3n) is 5.20. The van der Waals surface area contributed by atoms with Crippen LogP contribution in [0, 0.1) is 5.41 Å². The Bertz CT molecular complexity index is 897. The summed E-state index contributed by atoms with van der Waals surface area (Å²) in [5.41, 5.74) is 4.36. The van der Waals surface area contributed by atoms with Gasteiger partial charge in [0.2, 0.25) is 17.7 Å². The molecule has 39 heavy (non-hydrogen) atoms. The zero-order valence-electron chi connectivity index (χ0n) is 22.2. The molecule has 0 aromatic heterocycles. The van der Waals surface area contributed by atoms with E-state index in [0.29, 0.717) is 0 Å². The molecule has 0 saturated carbocycles. The summed E-state index contributed by atoms with van der Waals surface area (Å²) >= 11 is 0.907. The van der Waals surface area contributed by atoms with Crippen molar-refractivity contribution in [2.45, 2.75) is 71.1 Å². The first-order chi connectivity index (χ1) is 18.1. The first-order valence-corrected chi connectivity index (χ1v) is 13.1. The predicted molar refractivity (Wildman–Crippen MR) is 138 cm³/mol. The van der Waals surface area contributed by atoms with Crippen LogP contribution in [0.1, 0.15) is 52.9 Å². The highest BCUT2D eigenvalue weighted by Gasteiger charge is 2.35. The molecule has 0 spiro atoms. The van der Waals surface area contributed by atoms with Crippen molar-refractivity contribution < 1.29 is 53.6 Å². The van der Waals surface area contributed by atoms with Crippen LogP contribution in [0.3, 0.4) is 0 Å². The van der Waals surface area contributed by atoms with E-state index in [1.807, 2.05) is 0 Å². The summed E-state index contributed by atoms with van der Waals surface area (Å²) in [5, 5.41) is 34.9. The van der Waals surface area contributed by atoms with Crippen LogP contribution in [0.4, 0.5) is 0 Å². The quantitative estimate of drug-likeness (QED) is 0.0671. The van der Waals surface area contributed by atoms with Crippen LogP contribution in [-0.2, 0) is 38.3 Å². The predicted octanol–water partition coefficient (Wildman–Crippen LogP) is -1.64. The normalized spacial score (nSPS) is 13.4. The number of carboxylic acids is 2. The van der Waals surface area contributed by atoms with E-state index in [4.69, 9.17) is 20.7 Å². The molecule has 0 rings (SSSR count). The SMILES string of the molecule is CC(=O)N[C@@H](CCC(=O)SCCNC(=O)CCNC(=O)[C@H](O)C(C)(C)COC(=O)[C@@H](N)CCC(=O)O)C(=O)O. The Balaban J connectivity index is 4.24. The maximum atomic E-state index is 12.2. The molecule has 0 aromatic rings. The van der Waals surface area contributed by atoms with E-state index in [0.717, 1.165) is 11.8 Å². The van der Waals surface area contributed by atoms with Gasteiger partial charge in [0, 0.05) is 50.4 Å². The number of hydrogen-bond acceptors (Lipinski definition) is 11. The highest BCUT2D eigenvalue weighted by Crippen LogP contribution is 2.22. The number of nitrogens with two attached hydrogens (primary N) is 1. The average Bonchev–Trinajstić information content (AvgIpc) is 2.85. The molecule has 16 heteroatoms. The fourth-order valence-electron chi connectivity index (χ4n) is 2.87. The molecule has 8 N–H and O–H groups in total. The second kappa shape index (κ2) is 18.1. The van der Waals surface area contributed by atoms with E-state index < -0.39 is 59.2 Å². The number of aliphatic hydroxyl groups is 1. The minimum atomic E-state index is -1.59. The second-order valence-electron chi connectivity index (χ2n) is 9.28. The second-order valence-corrected chi connectivity index (χ2v) is 10.4. The molecule has 222 valence electrons. The molecule has 0 aliphatic heterocycles. The van der Waals surface area contributed by atoms with Crippen LogP contribution >= 0.6 is 11.8 Å². The van der Waals surface area contributed by atoms with Gasteiger partial charge in [0.05, 0.1) is 6.61 Å². The standard InChI is InChI=1S/C23H38N4O11S/c1-13(28)27-15(21(35)36)5-7-18(32)39-11-10-25-16(29)8-9-26-20(34)19(33)23(2,3)12-38-22(37)14(24)4-6-17(30)31/h14-15,19,33H,4-12,24H2,1-3H3,(H,25,29)(H,26,34)(H,27,28)(H,30,31)(H,35,36)/t14-,15-,19-/m0/s1. The topological polar surface area (TPSA) is 252 Å². The lowest BCUT2D eigenvalue weighted by Gasteiger charge is -2.29. The van der Waals surface area contributed by atoms with E-state index in [-0.39, 0.29) is 62.7 Å². The summed E-state index contributed by atoms with van der Waals surface area (Å²) in [4.78, 5) is 80.6. The smallest absolute Gasteiger partial charge is 0.326 e. The van der Waals surface area contributed by atoms with Gasteiger partial charge in [0.1, 0.15) is 18.2 Å². The van der Waals surface area contributed by atoms with E-state index in [1.54, 1.807) is 0 Å². The highest BCUT2D eigenvalue weighted by molar-refractivity contribution is 8.13. The van der Waals surface area contributed by atoms with Crippen LogP contribution in [0.15, 0.2) is 0 Å². The van der Waals surface area contributed by atoms with Crippen molar-refractivity contribution in [2.75, 3.05) is 25.4 Å². The van der Waals surface area contributed by atoms with Crippen molar-refractivity contribution in [1.29, 1.82) is 0 Å². The van der Waals surface area contributed by atoms with Gasteiger partial charge in [-0.25, -0.2) is 4.79 Å². The molecule has 0 aliphatic carbocycles. The van der Waals surface area contributed by atoms with E-state index in [9.17, 15) is 38.7 Å². The molecule has 0 heterocycles. The molecule has 0 aliphatic rings. The van der Waals surface area contributed by atoms with Gasteiger partial charge in [0.15, 0.2) is 5.12 Å². The zero-order chi connectivity index (χ0) is 30.2. The number of hydrogen-bond donors (Lipinski definition) is 7. The molecule has 0 bridgehead atoms. The first kappa shape index (κ1) is 35.8. The van der Waals surface area contributed by atoms with Gasteiger partial charge in [-0.15, -0.1) is 0 Å². The Morgan fingerprint density at radius 3 is 2.15 bits per heavy atom. The number of esters is 1. The molecule has 0 radical (unpaired) electrons. The summed E-state index contributed by atoms with van der Waals surface area (Å²) in [6.45, 7) is 3.82. The van der Waals surface area contributed by atoms with E-state index in [2.05, 4.69) is 16.0 Å². The van der Waals surface area contributed by atoms with Gasteiger partial charge >= 0.3 is 17.9 Å². The van der Waals surface area contributed by atoms with Gasteiger partial charge in [-0.2, -0.15) is 0 Å². The molecule has 0 aromatic carbocycles. The number of carbonyl (C=O) groups is 7. The number of rotatable bonds is 19. The van der Waals surface area contributed by atoms with Crippen LogP contribution in [-0.4, -0.2) is 99.7 Å². The lowest BCUT2D eigenvalue weighted by molar-refractivity contribution is -0.154. The van der Waals surface area contributed by atoms with Crippen molar-refractivity contribution in [3.63, 3.8) is 0 Å². The Labute approximate surface area is 230 Å². The van der Waals surface area contributed by atoms with Gasteiger partial charge in [-0.05, 0) is 12.8 Å². The third-order valence-corrected chi connectivity index (χ3v) is 6.13. The largest absolute Gasteiger partial charge is 0.481 e. The molecule has 0 unspecified atom stereocenters. The maximum Gasteiger partial charge on any atom is 0.326 e. The van der Waals surface area contributed by atoms with Gasteiger partial charge in [-0.3, -0.25) is 28.8 Å². The van der Waals surface area contributed by atoms with E-state index in [1.165, 1.54) is 20.8 Å². The summed E-state index contributed by atoms with van der Waals surface area (Å²) in [6.07, 6.45) is -2.26. The van der Waals surface area contributed by atoms with Crippen LogP contribution in [0.25, 0.3) is 0 Å². The van der Waals surface area contributed by atoms with Gasteiger partial charge < -0.3 is 41.7 Å². The number of thioether (sulfide) groups is 1. The van der Waals surface area contributed by atoms with Crippen LogP contribution in [0.5, 0.6) is 0 Å². The van der Waals surface area contributed by atoms with Crippen molar-refractivity contribution in [2.24, 2.45) is 11.1 Å². The monoisotopic (exact) mass is 578 g/mol. The molecular weight excluding hydrogens is 540 g/mol. The minimum absolute atomic E-state index is 0.0573. The Kier molecular flexibility index (Phi) is 16.6. The van der Waals surface area contributed by atoms with Crippen molar-refractivity contribution >= 4 is 52.5 Å². The van der Waals surface area contributed by atoms with Crippen LogP contribution in [0.2, 0.25) is 0 Å². The number of carboxylic acid groups (broad SMARTS) is 2. The summed E-state index contributed by atoms with van der Waals surface area (Å²) in [5.74, 6) is -4.70. The zero-order valence-corrected chi connectivity index (χ0v) is 23.0. The minimum Gasteiger partial charge on any atom is -0.481 e. The first-order valence-electron chi connectivity index (χ1n) is 12.1. The lowest BCUT2D eigenvalue weighted by atomic mass is 9.87. The summed E-state index contributed by atoms with van der Waals surface area (Å²) < 4.78 is 5.01. The van der Waals surface area contributed by atoms with Crippen molar-refractivity contribution in [3.05, 3.63) is 0 Å². The van der Waals surface area contributed by atoms with E-state index >= 15 is 0 Å². The number of aliphatic hydroxyl groups excluding tert-OH is 1. The third kappa shape index (κ3) is 16.4. The number of amides is 3. The molecule has 3 atom stereocenters. The van der Waals surface area contributed by atoms with Crippen molar-refractivity contribution in [3.8, 4) is 0 Å². The van der Waals surface area contributed by atoms with Gasteiger partial charge in [-0.1, -0.05) is 25.6 Å². The molecule has 3 amide bonds. The Hall–Kier alpha value is -3.24.